The maximum atomic E-state index is 6.14. The SMILES string of the molecule is COCC(COC)(COC1(C)CCC1)C(C)C. The van der Waals surface area contributed by atoms with Crippen LogP contribution in [-0.4, -0.2) is 39.6 Å². The summed E-state index contributed by atoms with van der Waals surface area (Å²) in [7, 11) is 3.50. The zero-order chi connectivity index (χ0) is 12.9. The molecule has 3 heteroatoms. The molecule has 1 fully saturated rings. The predicted molar refractivity (Wildman–Crippen MR) is 69.2 cm³/mol. The number of hydrogen-bond donors (Lipinski definition) is 0. The Hall–Kier alpha value is -0.120. The van der Waals surface area contributed by atoms with E-state index in [1.807, 2.05) is 0 Å². The van der Waals surface area contributed by atoms with Gasteiger partial charge in [0.2, 0.25) is 0 Å². The molecule has 0 amide bonds. The minimum Gasteiger partial charge on any atom is -0.384 e. The maximum Gasteiger partial charge on any atom is 0.0654 e. The normalized spacial score (nSPS) is 19.4. The van der Waals surface area contributed by atoms with E-state index < -0.39 is 0 Å². The van der Waals surface area contributed by atoms with Gasteiger partial charge in [-0.25, -0.2) is 0 Å². The molecule has 3 nitrogen and oxygen atoms in total. The van der Waals surface area contributed by atoms with Crippen LogP contribution in [0.5, 0.6) is 0 Å². The molecule has 1 aliphatic rings. The van der Waals surface area contributed by atoms with E-state index in [9.17, 15) is 0 Å². The van der Waals surface area contributed by atoms with Gasteiger partial charge in [-0.05, 0) is 32.1 Å². The van der Waals surface area contributed by atoms with Crippen molar-refractivity contribution in [2.24, 2.45) is 11.3 Å². The van der Waals surface area contributed by atoms with Crippen molar-refractivity contribution in [2.45, 2.75) is 45.6 Å². The number of ether oxygens (including phenoxy) is 3. The monoisotopic (exact) mass is 244 g/mol. The molecular weight excluding hydrogens is 216 g/mol. The van der Waals surface area contributed by atoms with E-state index >= 15 is 0 Å². The van der Waals surface area contributed by atoms with E-state index in [2.05, 4.69) is 20.8 Å². The van der Waals surface area contributed by atoms with Gasteiger partial charge >= 0.3 is 0 Å². The van der Waals surface area contributed by atoms with Crippen molar-refractivity contribution in [3.05, 3.63) is 0 Å². The lowest BCUT2D eigenvalue weighted by Gasteiger charge is -2.43. The van der Waals surface area contributed by atoms with Crippen molar-refractivity contribution in [3.8, 4) is 0 Å². The lowest BCUT2D eigenvalue weighted by molar-refractivity contribution is -0.151. The molecule has 0 aliphatic heterocycles. The Morgan fingerprint density at radius 3 is 1.88 bits per heavy atom. The Morgan fingerprint density at radius 1 is 1.06 bits per heavy atom. The number of rotatable bonds is 8. The van der Waals surface area contributed by atoms with Crippen molar-refractivity contribution in [3.63, 3.8) is 0 Å². The third-order valence-corrected chi connectivity index (χ3v) is 4.21. The summed E-state index contributed by atoms with van der Waals surface area (Å²) in [6, 6.07) is 0. The van der Waals surface area contributed by atoms with Crippen molar-refractivity contribution in [1.82, 2.24) is 0 Å². The molecule has 1 aliphatic carbocycles. The molecule has 0 bridgehead atoms. The van der Waals surface area contributed by atoms with E-state index in [-0.39, 0.29) is 11.0 Å². The Balaban J connectivity index is 2.60. The molecule has 0 saturated heterocycles. The van der Waals surface area contributed by atoms with Crippen LogP contribution in [0.1, 0.15) is 40.0 Å². The van der Waals surface area contributed by atoms with Crippen molar-refractivity contribution < 1.29 is 14.2 Å². The second kappa shape index (κ2) is 6.17. The van der Waals surface area contributed by atoms with Crippen LogP contribution in [0.2, 0.25) is 0 Å². The van der Waals surface area contributed by atoms with E-state index in [1.165, 1.54) is 19.3 Å². The van der Waals surface area contributed by atoms with Gasteiger partial charge in [0.05, 0.1) is 25.4 Å². The summed E-state index contributed by atoms with van der Waals surface area (Å²) in [5.41, 5.74) is 0.0731. The van der Waals surface area contributed by atoms with Gasteiger partial charge in [-0.1, -0.05) is 13.8 Å². The van der Waals surface area contributed by atoms with Gasteiger partial charge in [0.1, 0.15) is 0 Å². The van der Waals surface area contributed by atoms with Crippen LogP contribution in [0.3, 0.4) is 0 Å². The van der Waals surface area contributed by atoms with Crippen molar-refractivity contribution in [1.29, 1.82) is 0 Å². The smallest absolute Gasteiger partial charge is 0.0654 e. The minimum absolute atomic E-state index is 0.0257. The summed E-state index contributed by atoms with van der Waals surface area (Å²) >= 11 is 0. The van der Waals surface area contributed by atoms with Crippen LogP contribution in [0, 0.1) is 11.3 Å². The largest absolute Gasteiger partial charge is 0.384 e. The Morgan fingerprint density at radius 2 is 1.59 bits per heavy atom. The van der Waals surface area contributed by atoms with E-state index in [0.717, 1.165) is 6.61 Å². The first-order valence-corrected chi connectivity index (χ1v) is 6.60. The molecule has 0 unspecified atom stereocenters. The number of methoxy groups -OCH3 is 2. The van der Waals surface area contributed by atoms with Crippen molar-refractivity contribution >= 4 is 0 Å². The van der Waals surface area contributed by atoms with Crippen LogP contribution < -0.4 is 0 Å². The molecule has 17 heavy (non-hydrogen) atoms. The summed E-state index contributed by atoms with van der Waals surface area (Å²) in [6.07, 6.45) is 3.65. The van der Waals surface area contributed by atoms with E-state index in [4.69, 9.17) is 14.2 Å². The zero-order valence-electron chi connectivity index (χ0n) is 12.0. The van der Waals surface area contributed by atoms with E-state index in [1.54, 1.807) is 14.2 Å². The molecule has 0 radical (unpaired) electrons. The first-order chi connectivity index (χ1) is 7.98. The summed E-state index contributed by atoms with van der Waals surface area (Å²) in [4.78, 5) is 0. The van der Waals surface area contributed by atoms with Crippen LogP contribution in [0.15, 0.2) is 0 Å². The third kappa shape index (κ3) is 3.67. The lowest BCUT2D eigenvalue weighted by Crippen LogP contribution is -2.46. The predicted octanol–water partition coefficient (Wildman–Crippen LogP) is 2.88. The van der Waals surface area contributed by atoms with Crippen LogP contribution in [0.25, 0.3) is 0 Å². The van der Waals surface area contributed by atoms with Crippen LogP contribution >= 0.6 is 0 Å². The summed E-state index contributed by atoms with van der Waals surface area (Å²) in [5, 5.41) is 0. The summed E-state index contributed by atoms with van der Waals surface area (Å²) in [6.45, 7) is 8.74. The molecule has 0 spiro atoms. The Kier molecular flexibility index (Phi) is 5.42. The first kappa shape index (κ1) is 14.9. The molecule has 0 aromatic rings. The third-order valence-electron chi connectivity index (χ3n) is 4.21. The molecule has 0 heterocycles. The Labute approximate surface area is 106 Å². The zero-order valence-corrected chi connectivity index (χ0v) is 12.0. The lowest BCUT2D eigenvalue weighted by atomic mass is 9.77. The highest BCUT2D eigenvalue weighted by Gasteiger charge is 2.39. The van der Waals surface area contributed by atoms with Gasteiger partial charge in [-0.2, -0.15) is 0 Å². The second-order valence-corrected chi connectivity index (χ2v) is 5.98. The molecule has 0 atom stereocenters. The minimum atomic E-state index is -0.0257. The highest BCUT2D eigenvalue weighted by Crippen LogP contribution is 2.38. The molecule has 0 N–H and O–H groups in total. The van der Waals surface area contributed by atoms with Crippen LogP contribution in [-0.2, 0) is 14.2 Å². The van der Waals surface area contributed by atoms with Gasteiger partial charge in [0, 0.05) is 19.6 Å². The van der Waals surface area contributed by atoms with Crippen LogP contribution in [0.4, 0.5) is 0 Å². The maximum absolute atomic E-state index is 6.14. The summed E-state index contributed by atoms with van der Waals surface area (Å²) in [5.74, 6) is 0.478. The molecular formula is C14H28O3. The van der Waals surface area contributed by atoms with Gasteiger partial charge in [0.15, 0.2) is 0 Å². The Bertz CT molecular complexity index is 216. The average molecular weight is 244 g/mol. The standard InChI is InChI=1S/C14H28O3/c1-12(2)14(9-15-4,10-16-5)11-17-13(3)7-6-8-13/h12H,6-11H2,1-5H3. The van der Waals surface area contributed by atoms with Gasteiger partial charge in [-0.3, -0.25) is 0 Å². The highest BCUT2D eigenvalue weighted by atomic mass is 16.5. The molecule has 1 rings (SSSR count). The highest BCUT2D eigenvalue weighted by molar-refractivity contribution is 4.88. The molecule has 102 valence electrons. The molecule has 1 saturated carbocycles. The van der Waals surface area contributed by atoms with Gasteiger partial charge in [0.25, 0.3) is 0 Å². The van der Waals surface area contributed by atoms with E-state index in [0.29, 0.717) is 19.1 Å². The van der Waals surface area contributed by atoms with Crippen molar-refractivity contribution in [2.75, 3.05) is 34.0 Å². The fraction of sp³-hybridized carbons (Fsp3) is 1.00. The quantitative estimate of drug-likeness (QED) is 0.657. The number of hydrogen-bond acceptors (Lipinski definition) is 3. The molecule has 0 aromatic carbocycles. The average Bonchev–Trinajstić information content (AvgIpc) is 2.23. The fourth-order valence-corrected chi connectivity index (χ4v) is 2.34. The van der Waals surface area contributed by atoms with Gasteiger partial charge in [-0.15, -0.1) is 0 Å². The first-order valence-electron chi connectivity index (χ1n) is 6.60. The molecule has 0 aromatic heterocycles. The summed E-state index contributed by atoms with van der Waals surface area (Å²) < 4.78 is 16.9. The topological polar surface area (TPSA) is 27.7 Å². The fourth-order valence-electron chi connectivity index (χ4n) is 2.34. The van der Waals surface area contributed by atoms with Gasteiger partial charge < -0.3 is 14.2 Å². The second-order valence-electron chi connectivity index (χ2n) is 5.98.